The number of hydrogen-bond donors (Lipinski definition) is 4. The van der Waals surface area contributed by atoms with Crippen LogP contribution in [-0.4, -0.2) is 82.0 Å². The van der Waals surface area contributed by atoms with Crippen LogP contribution in [0.1, 0.15) is 30.6 Å². The highest BCUT2D eigenvalue weighted by atomic mass is 19.1. The van der Waals surface area contributed by atoms with Crippen molar-refractivity contribution in [2.24, 2.45) is 5.73 Å². The minimum atomic E-state index is -0.897. The first-order valence-corrected chi connectivity index (χ1v) is 13.1. The van der Waals surface area contributed by atoms with Crippen molar-refractivity contribution in [1.29, 1.82) is 0 Å². The summed E-state index contributed by atoms with van der Waals surface area (Å²) >= 11 is 0. The van der Waals surface area contributed by atoms with Gasteiger partial charge in [0.25, 0.3) is 5.91 Å². The SMILES string of the molecule is CCN(C)CC(=O)N1CCC2=CC(C)(OC)C(Nc3nc(Nc4cccc(F)c4C(N)=O)c4cc[nH]c4n3)C=C21. The molecule has 0 saturated carbocycles. The average Bonchev–Trinajstić information content (AvgIpc) is 3.55. The summed E-state index contributed by atoms with van der Waals surface area (Å²) in [5, 5.41) is 7.05. The molecule has 0 radical (unpaired) electrons. The number of carbonyl (C=O) groups excluding carboxylic acids is 2. The maximum atomic E-state index is 14.4. The number of rotatable bonds is 9. The van der Waals surface area contributed by atoms with Crippen LogP contribution in [0.25, 0.3) is 11.0 Å². The van der Waals surface area contributed by atoms with E-state index in [0.29, 0.717) is 29.9 Å². The molecule has 11 nitrogen and oxygen atoms in total. The Balaban J connectivity index is 1.49. The molecule has 2 unspecified atom stereocenters. The summed E-state index contributed by atoms with van der Waals surface area (Å²) in [5.74, 6) is -0.983. The molecule has 1 aliphatic carbocycles. The molecule has 5 rings (SSSR count). The number of amides is 2. The smallest absolute Gasteiger partial charge is 0.253 e. The second-order valence-electron chi connectivity index (χ2n) is 10.1. The number of hydrogen-bond acceptors (Lipinski definition) is 8. The van der Waals surface area contributed by atoms with Crippen molar-refractivity contribution in [1.82, 2.24) is 24.8 Å². The number of nitrogens with two attached hydrogens (primary N) is 1. The monoisotopic (exact) mass is 548 g/mol. The van der Waals surface area contributed by atoms with Crippen LogP contribution < -0.4 is 16.4 Å². The van der Waals surface area contributed by atoms with Crippen molar-refractivity contribution < 1.29 is 18.7 Å². The summed E-state index contributed by atoms with van der Waals surface area (Å²) in [4.78, 5) is 41.2. The fourth-order valence-electron chi connectivity index (χ4n) is 5.06. The lowest BCUT2D eigenvalue weighted by Gasteiger charge is -2.37. The number of nitrogens with one attached hydrogen (secondary N) is 3. The summed E-state index contributed by atoms with van der Waals surface area (Å²) < 4.78 is 20.3. The molecule has 210 valence electrons. The topological polar surface area (TPSA) is 142 Å². The number of H-pyrrole nitrogens is 1. The first kappa shape index (κ1) is 27.3. The van der Waals surface area contributed by atoms with Crippen molar-refractivity contribution in [3.05, 3.63) is 65.3 Å². The van der Waals surface area contributed by atoms with Gasteiger partial charge in [0.15, 0.2) is 0 Å². The van der Waals surface area contributed by atoms with Gasteiger partial charge in [0.2, 0.25) is 11.9 Å². The zero-order chi connectivity index (χ0) is 28.6. The summed E-state index contributed by atoms with van der Waals surface area (Å²) in [6.07, 6.45) is 6.49. The van der Waals surface area contributed by atoms with Gasteiger partial charge in [-0.3, -0.25) is 14.5 Å². The van der Waals surface area contributed by atoms with E-state index in [2.05, 4.69) is 31.7 Å². The third kappa shape index (κ3) is 5.03. The van der Waals surface area contributed by atoms with Gasteiger partial charge in [-0.2, -0.15) is 9.97 Å². The number of ether oxygens (including phenoxy) is 1. The fraction of sp³-hybridized carbons (Fsp3) is 0.357. The molecule has 40 heavy (non-hydrogen) atoms. The lowest BCUT2D eigenvalue weighted by Crippen LogP contribution is -2.47. The Kier molecular flexibility index (Phi) is 7.30. The van der Waals surface area contributed by atoms with Gasteiger partial charge in [0, 0.05) is 25.5 Å². The fourth-order valence-corrected chi connectivity index (χ4v) is 5.06. The Bertz CT molecular complexity index is 1530. The number of benzene rings is 1. The first-order valence-electron chi connectivity index (χ1n) is 13.1. The van der Waals surface area contributed by atoms with Gasteiger partial charge in [0.05, 0.1) is 29.2 Å². The van der Waals surface area contributed by atoms with Crippen LogP contribution in [0.4, 0.5) is 21.8 Å². The summed E-state index contributed by atoms with van der Waals surface area (Å²) in [7, 11) is 3.55. The molecule has 5 N–H and O–H groups in total. The quantitative estimate of drug-likeness (QED) is 0.320. The molecule has 3 heterocycles. The minimum Gasteiger partial charge on any atom is -0.372 e. The first-order chi connectivity index (χ1) is 19.1. The lowest BCUT2D eigenvalue weighted by atomic mass is 9.86. The maximum Gasteiger partial charge on any atom is 0.253 e. The molecule has 12 heteroatoms. The number of likely N-dealkylation sites (N-methyl/N-ethyl adjacent to an activating group) is 1. The van der Waals surface area contributed by atoms with E-state index in [0.717, 1.165) is 24.2 Å². The average molecular weight is 549 g/mol. The van der Waals surface area contributed by atoms with Crippen LogP contribution in [-0.2, 0) is 9.53 Å². The van der Waals surface area contributed by atoms with Gasteiger partial charge in [0.1, 0.15) is 22.9 Å². The third-order valence-electron chi connectivity index (χ3n) is 7.53. The normalized spacial score (nSPS) is 20.4. The number of fused-ring (bicyclic) bond motifs is 2. The summed E-state index contributed by atoms with van der Waals surface area (Å²) in [5.41, 5.74) is 7.05. The van der Waals surface area contributed by atoms with Crippen LogP contribution in [0.15, 0.2) is 53.9 Å². The highest BCUT2D eigenvalue weighted by molar-refractivity contribution is 6.00. The molecule has 0 bridgehead atoms. The predicted molar refractivity (Wildman–Crippen MR) is 151 cm³/mol. The number of methoxy groups -OCH3 is 1. The number of nitrogens with zero attached hydrogens (tertiary/aromatic N) is 4. The van der Waals surface area contributed by atoms with E-state index in [4.69, 9.17) is 10.5 Å². The van der Waals surface area contributed by atoms with Crippen molar-refractivity contribution in [2.75, 3.05) is 44.4 Å². The van der Waals surface area contributed by atoms with Crippen LogP contribution in [0.5, 0.6) is 0 Å². The van der Waals surface area contributed by atoms with Crippen LogP contribution in [0.2, 0.25) is 0 Å². The van der Waals surface area contributed by atoms with Crippen molar-refractivity contribution >= 4 is 40.3 Å². The van der Waals surface area contributed by atoms with Crippen molar-refractivity contribution in [3.8, 4) is 0 Å². The molecule has 1 aromatic carbocycles. The highest BCUT2D eigenvalue weighted by Crippen LogP contribution is 2.38. The Morgan fingerprint density at radius 2 is 2.12 bits per heavy atom. The lowest BCUT2D eigenvalue weighted by molar-refractivity contribution is -0.129. The number of aromatic amines is 1. The highest BCUT2D eigenvalue weighted by Gasteiger charge is 2.40. The van der Waals surface area contributed by atoms with Crippen LogP contribution >= 0.6 is 0 Å². The molecule has 2 atom stereocenters. The van der Waals surface area contributed by atoms with Crippen LogP contribution in [0.3, 0.4) is 0 Å². The van der Waals surface area contributed by atoms with E-state index >= 15 is 0 Å². The Labute approximate surface area is 231 Å². The zero-order valence-corrected chi connectivity index (χ0v) is 22.9. The van der Waals surface area contributed by atoms with Crippen molar-refractivity contribution in [2.45, 2.75) is 31.9 Å². The number of likely N-dealkylation sites (tertiary alicyclic amines) is 1. The van der Waals surface area contributed by atoms with Crippen molar-refractivity contribution in [3.63, 3.8) is 0 Å². The molecule has 2 aliphatic rings. The van der Waals surface area contributed by atoms with E-state index in [9.17, 15) is 14.0 Å². The van der Waals surface area contributed by atoms with E-state index in [1.807, 2.05) is 36.8 Å². The van der Waals surface area contributed by atoms with E-state index in [-0.39, 0.29) is 23.1 Å². The molecule has 2 aromatic heterocycles. The standard InChI is InChI=1S/C28H33FN8O3/c1-5-36(3)15-22(38)37-12-10-16-14-28(2,40-4)21(13-20(16)37)33-27-34-25-17(9-11-31-25)26(35-27)32-19-8-6-7-18(29)23(19)24(30)39/h6-9,11,13-14,21H,5,10,12,15H2,1-4H3,(H2,30,39)(H3,31,32,33,34,35). The molecule has 1 fully saturated rings. The number of aromatic nitrogens is 3. The maximum absolute atomic E-state index is 14.4. The zero-order valence-electron chi connectivity index (χ0n) is 22.9. The molecular weight excluding hydrogens is 515 g/mol. The Morgan fingerprint density at radius 3 is 2.85 bits per heavy atom. The predicted octanol–water partition coefficient (Wildman–Crippen LogP) is 3.13. The number of allylic oxidation sites excluding steroid dienone is 1. The Morgan fingerprint density at radius 1 is 1.32 bits per heavy atom. The summed E-state index contributed by atoms with van der Waals surface area (Å²) in [6.45, 7) is 5.68. The molecule has 3 aromatic rings. The second-order valence-corrected chi connectivity index (χ2v) is 10.1. The largest absolute Gasteiger partial charge is 0.372 e. The van der Waals surface area contributed by atoms with E-state index in [1.165, 1.54) is 12.1 Å². The van der Waals surface area contributed by atoms with E-state index < -0.39 is 23.4 Å². The summed E-state index contributed by atoms with van der Waals surface area (Å²) in [6, 6.07) is 5.55. The third-order valence-corrected chi connectivity index (χ3v) is 7.53. The van der Waals surface area contributed by atoms with Gasteiger partial charge < -0.3 is 31.0 Å². The number of carbonyl (C=O) groups is 2. The van der Waals surface area contributed by atoms with Crippen LogP contribution in [0, 0.1) is 5.82 Å². The van der Waals surface area contributed by atoms with E-state index in [1.54, 1.807) is 25.4 Å². The number of anilines is 3. The van der Waals surface area contributed by atoms with Gasteiger partial charge in [-0.05, 0) is 62.9 Å². The molecule has 2 amide bonds. The Hall–Kier alpha value is -4.29. The number of halogens is 1. The number of primary amides is 1. The second kappa shape index (κ2) is 10.7. The molecule has 1 aliphatic heterocycles. The van der Waals surface area contributed by atoms with Gasteiger partial charge >= 0.3 is 0 Å². The molecular formula is C28H33FN8O3. The van der Waals surface area contributed by atoms with Gasteiger partial charge in [-0.1, -0.05) is 13.0 Å². The minimum absolute atomic E-state index is 0.0367. The van der Waals surface area contributed by atoms with Gasteiger partial charge in [-0.15, -0.1) is 0 Å². The van der Waals surface area contributed by atoms with Gasteiger partial charge in [-0.25, -0.2) is 4.39 Å². The molecule has 1 saturated heterocycles. The molecule has 0 spiro atoms.